The number of fused-ring (bicyclic) bond motifs is 1. The first-order chi connectivity index (χ1) is 17.0. The summed E-state index contributed by atoms with van der Waals surface area (Å²) in [6, 6.07) is 20.2. The Morgan fingerprint density at radius 2 is 1.86 bits per heavy atom. The molecular weight excluding hydrogens is 642 g/mol. The van der Waals surface area contributed by atoms with Gasteiger partial charge in [0, 0.05) is 50.2 Å². The quantitative estimate of drug-likeness (QED) is 0.150. The maximum atomic E-state index is 13.3. The molecule has 0 saturated carbocycles. The molecule has 1 aromatic heterocycles. The average Bonchev–Trinajstić information content (AvgIpc) is 3.37. The van der Waals surface area contributed by atoms with Crippen molar-refractivity contribution in [2.45, 2.75) is 26.2 Å². The first-order valence-corrected chi connectivity index (χ1v) is 13.0. The van der Waals surface area contributed by atoms with E-state index in [2.05, 4.69) is 11.0 Å². The van der Waals surface area contributed by atoms with Crippen LogP contribution in [0, 0.1) is 16.6 Å². The number of hydrogen-bond donors (Lipinski definition) is 1. The average molecular weight is 669 g/mol. The van der Waals surface area contributed by atoms with E-state index in [4.69, 9.17) is 9.15 Å². The van der Waals surface area contributed by atoms with Gasteiger partial charge in [-0.2, -0.15) is 29.8 Å². The van der Waals surface area contributed by atoms with Gasteiger partial charge in [-0.25, -0.2) is 4.79 Å². The number of rotatable bonds is 7. The molecule has 3 aromatic carbocycles. The van der Waals surface area contributed by atoms with Gasteiger partial charge in [0.05, 0.1) is 3.57 Å². The molecule has 1 radical (unpaired) electrons. The zero-order valence-corrected chi connectivity index (χ0v) is 25.2. The van der Waals surface area contributed by atoms with Crippen LogP contribution in [0.1, 0.15) is 29.5 Å². The van der Waals surface area contributed by atoms with E-state index in [1.807, 2.05) is 78.0 Å². The van der Waals surface area contributed by atoms with Crippen molar-refractivity contribution < 1.29 is 47.0 Å². The largest absolute Gasteiger partial charge is 0.507 e. The number of phenolic OH excluding ortho intramolecular Hbond substituents is 1. The number of aryl methyl sites for hydroxylation is 1. The number of halogens is 1. The fourth-order valence-corrected chi connectivity index (χ4v) is 5.32. The Balaban J connectivity index is 0.00000304. The minimum atomic E-state index is -0.410. The van der Waals surface area contributed by atoms with Gasteiger partial charge in [-0.15, -0.1) is 5.56 Å². The molecule has 1 saturated heterocycles. The minimum absolute atomic E-state index is 0. The molecule has 2 heterocycles. The Morgan fingerprint density at radius 3 is 2.58 bits per heavy atom. The van der Waals surface area contributed by atoms with E-state index in [1.54, 1.807) is 6.07 Å². The first kappa shape index (κ1) is 27.3. The molecule has 0 spiro atoms. The second kappa shape index (κ2) is 12.2. The zero-order valence-electron chi connectivity index (χ0n) is 20.2. The summed E-state index contributed by atoms with van der Waals surface area (Å²) in [6.07, 6.45) is 3.11. The molecule has 0 bridgehead atoms. The Kier molecular flexibility index (Phi) is 9.26. The smallest absolute Gasteiger partial charge is 0.342 e. The number of ether oxygens (including phenoxy) is 1. The molecule has 1 N–H and O–H groups in total. The standard InChI is InChI=1S/C29H27INO4.Y/c1-19-6-2-3-7-22(19)26-24(23-12-13-25(32)27(30)28(23)35-29(26)33)18-20-8-10-21(11-9-20)34-17-16-31-14-4-5-15-31;/h3,6-13,32H,4-5,14-18H2,1H3;/q-1;. The van der Waals surface area contributed by atoms with Crippen molar-refractivity contribution in [3.63, 3.8) is 0 Å². The normalized spacial score (nSPS) is 13.6. The fourth-order valence-electron chi connectivity index (χ4n) is 4.74. The van der Waals surface area contributed by atoms with Crippen molar-refractivity contribution in [1.82, 2.24) is 4.90 Å². The summed E-state index contributed by atoms with van der Waals surface area (Å²) in [4.78, 5) is 15.7. The molecule has 7 heteroatoms. The van der Waals surface area contributed by atoms with Crippen LogP contribution in [0.25, 0.3) is 22.1 Å². The van der Waals surface area contributed by atoms with Crippen molar-refractivity contribution in [1.29, 1.82) is 0 Å². The van der Waals surface area contributed by atoms with Crippen LogP contribution in [-0.2, 0) is 39.1 Å². The van der Waals surface area contributed by atoms with Gasteiger partial charge in [-0.3, -0.25) is 4.90 Å². The molecule has 1 aliphatic heterocycles. The summed E-state index contributed by atoms with van der Waals surface area (Å²) in [6.45, 7) is 5.93. The van der Waals surface area contributed by atoms with Crippen LogP contribution in [0.3, 0.4) is 0 Å². The Labute approximate surface area is 249 Å². The molecule has 0 amide bonds. The molecule has 4 aromatic rings. The molecule has 5 rings (SSSR count). The van der Waals surface area contributed by atoms with Gasteiger partial charge < -0.3 is 14.3 Å². The van der Waals surface area contributed by atoms with Crippen LogP contribution in [0.4, 0.5) is 0 Å². The Bertz CT molecular complexity index is 1410. The van der Waals surface area contributed by atoms with Crippen LogP contribution in [0.5, 0.6) is 11.5 Å². The summed E-state index contributed by atoms with van der Waals surface area (Å²) in [5.74, 6) is 0.945. The van der Waals surface area contributed by atoms with Gasteiger partial charge in [0.15, 0.2) is 5.58 Å². The number of nitrogens with zero attached hydrogens (tertiary/aromatic N) is 1. The monoisotopic (exact) mass is 669 g/mol. The maximum absolute atomic E-state index is 13.3. The van der Waals surface area contributed by atoms with E-state index >= 15 is 0 Å². The van der Waals surface area contributed by atoms with Gasteiger partial charge in [-0.1, -0.05) is 19.1 Å². The Hall–Kier alpha value is -1.74. The molecule has 1 aliphatic rings. The number of hydrogen-bond acceptors (Lipinski definition) is 5. The van der Waals surface area contributed by atoms with Crippen LogP contribution in [-0.4, -0.2) is 36.2 Å². The second-order valence-electron chi connectivity index (χ2n) is 8.98. The third kappa shape index (κ3) is 5.88. The maximum Gasteiger partial charge on any atom is 0.342 e. The topological polar surface area (TPSA) is 62.9 Å². The summed E-state index contributed by atoms with van der Waals surface area (Å²) in [7, 11) is 0. The summed E-state index contributed by atoms with van der Waals surface area (Å²) < 4.78 is 12.2. The summed E-state index contributed by atoms with van der Waals surface area (Å²) in [5.41, 5.74) is 4.29. The fraction of sp³-hybridized carbons (Fsp3) is 0.276. The van der Waals surface area contributed by atoms with Crippen LogP contribution in [0.2, 0.25) is 0 Å². The number of likely N-dealkylation sites (tertiary alicyclic amines) is 1. The molecular formula is C29H27INO4Y-. The van der Waals surface area contributed by atoms with Crippen molar-refractivity contribution in [3.8, 4) is 22.6 Å². The number of aromatic hydroxyl groups is 1. The van der Waals surface area contributed by atoms with E-state index in [0.29, 0.717) is 27.7 Å². The second-order valence-corrected chi connectivity index (χ2v) is 10.1. The van der Waals surface area contributed by atoms with Crippen molar-refractivity contribution in [2.24, 2.45) is 0 Å². The predicted molar refractivity (Wildman–Crippen MR) is 146 cm³/mol. The molecule has 0 aliphatic carbocycles. The predicted octanol–water partition coefficient (Wildman–Crippen LogP) is 5.94. The van der Waals surface area contributed by atoms with E-state index in [9.17, 15) is 9.90 Å². The van der Waals surface area contributed by atoms with Crippen molar-refractivity contribution in [3.05, 3.63) is 91.3 Å². The SMILES string of the molecule is Cc1c[c-]ccc1-c1c(Cc2ccc(OCCN3CCCC3)cc2)c2ccc(O)c(I)c2oc1=O.[Y]. The van der Waals surface area contributed by atoms with E-state index in [0.717, 1.165) is 39.9 Å². The number of benzene rings is 3. The van der Waals surface area contributed by atoms with Gasteiger partial charge in [0.25, 0.3) is 0 Å². The third-order valence-electron chi connectivity index (χ3n) is 6.62. The molecule has 1 fully saturated rings. The zero-order chi connectivity index (χ0) is 24.4. The molecule has 0 unspecified atom stereocenters. The summed E-state index contributed by atoms with van der Waals surface area (Å²) >= 11 is 2.02. The molecule has 183 valence electrons. The van der Waals surface area contributed by atoms with Crippen molar-refractivity contribution in [2.75, 3.05) is 26.2 Å². The van der Waals surface area contributed by atoms with Crippen LogP contribution < -0.4 is 10.4 Å². The van der Waals surface area contributed by atoms with E-state index in [-0.39, 0.29) is 38.5 Å². The molecule has 5 nitrogen and oxygen atoms in total. The van der Waals surface area contributed by atoms with E-state index in [1.165, 1.54) is 25.9 Å². The van der Waals surface area contributed by atoms with Crippen LogP contribution in [0.15, 0.2) is 63.8 Å². The van der Waals surface area contributed by atoms with Crippen molar-refractivity contribution >= 4 is 33.6 Å². The Morgan fingerprint density at radius 1 is 1.11 bits per heavy atom. The van der Waals surface area contributed by atoms with Gasteiger partial charge >= 0.3 is 5.63 Å². The van der Waals surface area contributed by atoms with Crippen LogP contribution >= 0.6 is 22.6 Å². The third-order valence-corrected chi connectivity index (χ3v) is 7.66. The molecule has 36 heavy (non-hydrogen) atoms. The van der Waals surface area contributed by atoms with E-state index < -0.39 is 5.63 Å². The van der Waals surface area contributed by atoms with Gasteiger partial charge in [0.2, 0.25) is 0 Å². The molecule has 0 atom stereocenters. The summed E-state index contributed by atoms with van der Waals surface area (Å²) in [5, 5.41) is 11.0. The van der Waals surface area contributed by atoms with Gasteiger partial charge in [-0.05, 0) is 90.3 Å². The minimum Gasteiger partial charge on any atom is -0.507 e. The number of phenols is 1. The van der Waals surface area contributed by atoms with Gasteiger partial charge in [0.1, 0.15) is 18.1 Å². The first-order valence-electron chi connectivity index (χ1n) is 11.9.